The third-order valence-electron chi connectivity index (χ3n) is 3.37. The van der Waals surface area contributed by atoms with Gasteiger partial charge in [0.2, 0.25) is 0 Å². The monoisotopic (exact) mass is 258 g/mol. The van der Waals surface area contributed by atoms with Crippen molar-refractivity contribution in [3.8, 4) is 11.4 Å². The maximum absolute atomic E-state index is 10.3. The number of hydrogen-bond donors (Lipinski definition) is 1. The van der Waals surface area contributed by atoms with Crippen molar-refractivity contribution >= 4 is 0 Å². The smallest absolute Gasteiger partial charge is 0.160 e. The van der Waals surface area contributed by atoms with Gasteiger partial charge in [0.25, 0.3) is 0 Å². The van der Waals surface area contributed by atoms with E-state index in [0.717, 1.165) is 42.8 Å². The molecule has 0 amide bonds. The molecule has 2 aromatic rings. The summed E-state index contributed by atoms with van der Waals surface area (Å²) in [6.07, 6.45) is 3.79. The summed E-state index contributed by atoms with van der Waals surface area (Å²) in [4.78, 5) is 0. The van der Waals surface area contributed by atoms with Crippen LogP contribution in [0.15, 0.2) is 24.3 Å². The van der Waals surface area contributed by atoms with Gasteiger partial charge in [-0.25, -0.2) is 4.68 Å². The molecule has 102 valence electrons. The van der Waals surface area contributed by atoms with Crippen molar-refractivity contribution in [3.63, 3.8) is 0 Å². The van der Waals surface area contributed by atoms with Gasteiger partial charge < -0.3 is 5.11 Å². The summed E-state index contributed by atoms with van der Waals surface area (Å²) in [5, 5.41) is 14.8. The Kier molecular flexibility index (Phi) is 4.25. The summed E-state index contributed by atoms with van der Waals surface area (Å²) >= 11 is 0. The van der Waals surface area contributed by atoms with Gasteiger partial charge in [-0.3, -0.25) is 0 Å². The molecule has 0 saturated carbocycles. The van der Waals surface area contributed by atoms with E-state index in [-0.39, 0.29) is 0 Å². The molecule has 2 rings (SSSR count). The first-order valence-electron chi connectivity index (χ1n) is 7.04. The Bertz CT molecular complexity index is 558. The van der Waals surface area contributed by atoms with E-state index in [9.17, 15) is 5.11 Å². The fourth-order valence-corrected chi connectivity index (χ4v) is 2.28. The van der Waals surface area contributed by atoms with Gasteiger partial charge in [-0.1, -0.05) is 32.4 Å². The van der Waals surface area contributed by atoms with Gasteiger partial charge in [-0.2, -0.15) is 5.10 Å². The molecular formula is C16H22N2O. The molecular weight excluding hydrogens is 236 g/mol. The second-order valence-corrected chi connectivity index (χ2v) is 4.95. The van der Waals surface area contributed by atoms with Crippen molar-refractivity contribution in [1.82, 2.24) is 9.78 Å². The van der Waals surface area contributed by atoms with E-state index >= 15 is 0 Å². The topological polar surface area (TPSA) is 38.1 Å². The number of benzene rings is 1. The molecule has 0 saturated heterocycles. The van der Waals surface area contributed by atoms with Crippen LogP contribution in [0, 0.1) is 6.92 Å². The lowest BCUT2D eigenvalue weighted by molar-refractivity contribution is 0.460. The quantitative estimate of drug-likeness (QED) is 0.886. The van der Waals surface area contributed by atoms with Crippen LogP contribution in [0.3, 0.4) is 0 Å². The lowest BCUT2D eigenvalue weighted by atomic mass is 10.1. The maximum Gasteiger partial charge on any atom is 0.160 e. The van der Waals surface area contributed by atoms with Crippen LogP contribution >= 0.6 is 0 Å². The van der Waals surface area contributed by atoms with E-state index in [4.69, 9.17) is 0 Å². The van der Waals surface area contributed by atoms with Crippen molar-refractivity contribution in [2.45, 2.75) is 46.5 Å². The van der Waals surface area contributed by atoms with Crippen LogP contribution in [0.4, 0.5) is 0 Å². The summed E-state index contributed by atoms with van der Waals surface area (Å²) < 4.78 is 1.90. The lowest BCUT2D eigenvalue weighted by Gasteiger charge is -2.08. The zero-order chi connectivity index (χ0) is 13.8. The minimum Gasteiger partial charge on any atom is -0.504 e. The molecule has 0 spiro atoms. The Labute approximate surface area is 114 Å². The molecule has 0 fully saturated rings. The van der Waals surface area contributed by atoms with Crippen LogP contribution in [0.5, 0.6) is 5.75 Å². The largest absolute Gasteiger partial charge is 0.504 e. The molecule has 1 N–H and O–H groups in total. The summed E-state index contributed by atoms with van der Waals surface area (Å²) in [6, 6.07) is 8.23. The number of nitrogens with zero attached hydrogens (tertiary/aromatic N) is 2. The molecule has 1 aromatic heterocycles. The summed E-state index contributed by atoms with van der Waals surface area (Å²) in [7, 11) is 0. The first kappa shape index (κ1) is 13.7. The summed E-state index contributed by atoms with van der Waals surface area (Å²) in [5.41, 5.74) is 3.95. The fourth-order valence-electron chi connectivity index (χ4n) is 2.28. The number of rotatable bonds is 5. The first-order chi connectivity index (χ1) is 9.17. The highest BCUT2D eigenvalue weighted by Gasteiger charge is 2.16. The van der Waals surface area contributed by atoms with Crippen molar-refractivity contribution < 1.29 is 5.11 Å². The van der Waals surface area contributed by atoms with Gasteiger partial charge >= 0.3 is 0 Å². The molecule has 0 bridgehead atoms. The first-order valence-corrected chi connectivity index (χ1v) is 7.04. The molecule has 3 nitrogen and oxygen atoms in total. The Morgan fingerprint density at radius 3 is 2.68 bits per heavy atom. The van der Waals surface area contributed by atoms with Gasteiger partial charge in [-0.05, 0) is 43.9 Å². The number of hydrogen-bond acceptors (Lipinski definition) is 2. The van der Waals surface area contributed by atoms with Crippen LogP contribution in [-0.2, 0) is 12.8 Å². The van der Waals surface area contributed by atoms with Crippen LogP contribution < -0.4 is 0 Å². The molecule has 0 aliphatic rings. The molecule has 0 aliphatic carbocycles. The average molecular weight is 258 g/mol. The van der Waals surface area contributed by atoms with Crippen molar-refractivity contribution in [2.24, 2.45) is 0 Å². The minimum atomic E-state index is 0.373. The Hall–Kier alpha value is -1.77. The standard InChI is InChI=1S/C16H22N2O/c1-4-6-10-15-16(19)14(5-2)17-18(15)13-9-7-8-12(3)11-13/h7-9,11,19H,4-6,10H2,1-3H3. The van der Waals surface area contributed by atoms with E-state index in [2.05, 4.69) is 31.1 Å². The highest BCUT2D eigenvalue weighted by atomic mass is 16.3. The molecule has 19 heavy (non-hydrogen) atoms. The maximum atomic E-state index is 10.3. The zero-order valence-electron chi connectivity index (χ0n) is 12.0. The molecule has 1 heterocycles. The average Bonchev–Trinajstić information content (AvgIpc) is 2.73. The molecule has 0 radical (unpaired) electrons. The predicted molar refractivity (Wildman–Crippen MR) is 78.0 cm³/mol. The van der Waals surface area contributed by atoms with Crippen molar-refractivity contribution in [1.29, 1.82) is 0 Å². The number of aromatic nitrogens is 2. The highest BCUT2D eigenvalue weighted by Crippen LogP contribution is 2.27. The molecule has 3 heteroatoms. The third kappa shape index (κ3) is 2.80. The van der Waals surface area contributed by atoms with Crippen LogP contribution in [0.1, 0.15) is 43.6 Å². The number of aromatic hydroxyl groups is 1. The van der Waals surface area contributed by atoms with Gasteiger partial charge in [0.15, 0.2) is 5.75 Å². The lowest BCUT2D eigenvalue weighted by Crippen LogP contribution is -2.03. The van der Waals surface area contributed by atoms with Gasteiger partial charge in [0, 0.05) is 0 Å². The Balaban J connectivity index is 2.48. The third-order valence-corrected chi connectivity index (χ3v) is 3.37. The molecule has 0 atom stereocenters. The SMILES string of the molecule is CCCCc1c(O)c(CC)nn1-c1cccc(C)c1. The number of aryl methyl sites for hydroxylation is 2. The van der Waals surface area contributed by atoms with Gasteiger partial charge in [0.05, 0.1) is 11.4 Å². The van der Waals surface area contributed by atoms with Gasteiger partial charge in [0.1, 0.15) is 5.69 Å². The molecule has 0 aliphatic heterocycles. The van der Waals surface area contributed by atoms with Crippen molar-refractivity contribution in [3.05, 3.63) is 41.2 Å². The van der Waals surface area contributed by atoms with Crippen LogP contribution in [0.25, 0.3) is 5.69 Å². The van der Waals surface area contributed by atoms with Crippen LogP contribution in [0.2, 0.25) is 0 Å². The Morgan fingerprint density at radius 1 is 1.26 bits per heavy atom. The normalized spacial score (nSPS) is 10.9. The number of unbranched alkanes of at least 4 members (excludes halogenated alkanes) is 1. The van der Waals surface area contributed by atoms with Gasteiger partial charge in [-0.15, -0.1) is 0 Å². The highest BCUT2D eigenvalue weighted by molar-refractivity contribution is 5.42. The summed E-state index contributed by atoms with van der Waals surface area (Å²) in [5.74, 6) is 0.373. The van der Waals surface area contributed by atoms with Crippen molar-refractivity contribution in [2.75, 3.05) is 0 Å². The minimum absolute atomic E-state index is 0.373. The zero-order valence-corrected chi connectivity index (χ0v) is 12.0. The van der Waals surface area contributed by atoms with E-state index in [1.165, 1.54) is 5.56 Å². The summed E-state index contributed by atoms with van der Waals surface area (Å²) in [6.45, 7) is 6.25. The second-order valence-electron chi connectivity index (χ2n) is 4.95. The second kappa shape index (κ2) is 5.91. The predicted octanol–water partition coefficient (Wildman–Crippen LogP) is 3.79. The molecule has 1 aromatic carbocycles. The van der Waals surface area contributed by atoms with E-state index in [0.29, 0.717) is 5.75 Å². The van der Waals surface area contributed by atoms with E-state index < -0.39 is 0 Å². The fraction of sp³-hybridized carbons (Fsp3) is 0.438. The van der Waals surface area contributed by atoms with Crippen LogP contribution in [-0.4, -0.2) is 14.9 Å². The van der Waals surface area contributed by atoms with E-state index in [1.54, 1.807) is 0 Å². The van der Waals surface area contributed by atoms with E-state index in [1.807, 2.05) is 23.7 Å². The Morgan fingerprint density at radius 2 is 2.05 bits per heavy atom. The molecule has 0 unspecified atom stereocenters.